The van der Waals surface area contributed by atoms with Crippen LogP contribution in [0, 0.1) is 6.92 Å². The molecule has 0 aliphatic heterocycles. The van der Waals surface area contributed by atoms with E-state index in [0.717, 1.165) is 23.2 Å². The van der Waals surface area contributed by atoms with Crippen molar-refractivity contribution in [2.75, 3.05) is 5.73 Å². The Morgan fingerprint density at radius 2 is 1.77 bits per heavy atom. The number of H-pyrrole nitrogens is 1. The molecule has 0 fully saturated rings. The van der Waals surface area contributed by atoms with Crippen molar-refractivity contribution in [3.05, 3.63) is 59.4 Å². The van der Waals surface area contributed by atoms with Gasteiger partial charge in [-0.1, -0.05) is 18.2 Å². The monoisotopic (exact) mass is 412 g/mol. The number of aromatic amines is 1. The Morgan fingerprint density at radius 3 is 2.40 bits per heavy atom. The number of nitrogens with one attached hydrogen (secondary N) is 1. The summed E-state index contributed by atoms with van der Waals surface area (Å²) >= 11 is 0. The predicted octanol–water partition coefficient (Wildman–Crippen LogP) is 3.70. The van der Waals surface area contributed by atoms with E-state index in [0.29, 0.717) is 10.9 Å². The molecule has 0 saturated carbocycles. The molecule has 0 bridgehead atoms. The summed E-state index contributed by atoms with van der Waals surface area (Å²) in [5, 5.41) is 7.59. The Labute approximate surface area is 167 Å². The fraction of sp³-hybridized carbons (Fsp3) is 0.100. The van der Waals surface area contributed by atoms with Crippen LogP contribution in [0.5, 0.6) is 0 Å². The highest BCUT2D eigenvalue weighted by Gasteiger charge is 2.30. The number of carbonyl (C=O) groups is 1. The van der Waals surface area contributed by atoms with Crippen molar-refractivity contribution < 1.29 is 18.0 Å². The second-order valence-corrected chi connectivity index (χ2v) is 6.69. The molecule has 0 aliphatic rings. The van der Waals surface area contributed by atoms with Gasteiger partial charge in [0, 0.05) is 16.5 Å². The zero-order valence-electron chi connectivity index (χ0n) is 15.6. The minimum absolute atomic E-state index is 0.0186. The molecule has 152 valence electrons. The first-order chi connectivity index (χ1) is 14.2. The molecule has 0 radical (unpaired) electrons. The van der Waals surface area contributed by atoms with Gasteiger partial charge >= 0.3 is 6.18 Å². The Bertz CT molecular complexity index is 1280. The van der Waals surface area contributed by atoms with Gasteiger partial charge in [0.05, 0.1) is 28.7 Å². The van der Waals surface area contributed by atoms with Crippen molar-refractivity contribution in [3.63, 3.8) is 0 Å². The lowest BCUT2D eigenvalue weighted by Gasteiger charge is -2.14. The predicted molar refractivity (Wildman–Crippen MR) is 105 cm³/mol. The molecule has 0 unspecified atom stereocenters. The second kappa shape index (κ2) is 6.83. The van der Waals surface area contributed by atoms with Gasteiger partial charge in [-0.25, -0.2) is 9.97 Å². The van der Waals surface area contributed by atoms with Crippen molar-refractivity contribution >= 4 is 22.5 Å². The number of nitrogens with zero attached hydrogens (tertiary/aromatic N) is 3. The molecule has 0 aliphatic carbocycles. The molecule has 5 N–H and O–H groups in total. The largest absolute Gasteiger partial charge is 0.416 e. The summed E-state index contributed by atoms with van der Waals surface area (Å²) < 4.78 is 38.6. The van der Waals surface area contributed by atoms with Gasteiger partial charge in [-0.15, -0.1) is 0 Å². The van der Waals surface area contributed by atoms with Crippen LogP contribution in [-0.4, -0.2) is 26.1 Å². The number of nitrogen functional groups attached to an aromatic ring is 1. The number of amides is 1. The standard InChI is InChI=1S/C20H15F3N6O/c1-9-2-7-13-12(8-26-29-13)14(9)16-15(24)17(18(25)30)28-19(27-16)10-3-5-11(6-4-10)20(21,22)23/h2-8H,24H2,1H3,(H2,25,30)(H,26,29). The molecule has 2 heterocycles. The average molecular weight is 412 g/mol. The highest BCUT2D eigenvalue weighted by Crippen LogP contribution is 2.36. The van der Waals surface area contributed by atoms with E-state index in [4.69, 9.17) is 11.5 Å². The summed E-state index contributed by atoms with van der Waals surface area (Å²) in [6.07, 6.45) is -2.88. The molecule has 30 heavy (non-hydrogen) atoms. The lowest BCUT2D eigenvalue weighted by atomic mass is 9.99. The molecular weight excluding hydrogens is 397 g/mol. The first-order valence-corrected chi connectivity index (χ1v) is 8.75. The number of fused-ring (bicyclic) bond motifs is 1. The maximum Gasteiger partial charge on any atom is 0.416 e. The van der Waals surface area contributed by atoms with E-state index < -0.39 is 17.6 Å². The van der Waals surface area contributed by atoms with Crippen LogP contribution in [0.1, 0.15) is 21.6 Å². The maximum atomic E-state index is 12.9. The molecule has 0 saturated heterocycles. The van der Waals surface area contributed by atoms with E-state index >= 15 is 0 Å². The number of anilines is 1. The quantitative estimate of drug-likeness (QED) is 0.473. The zero-order chi connectivity index (χ0) is 21.6. The number of aryl methyl sites for hydroxylation is 1. The summed E-state index contributed by atoms with van der Waals surface area (Å²) in [7, 11) is 0. The van der Waals surface area contributed by atoms with Gasteiger partial charge in [-0.05, 0) is 30.7 Å². The summed E-state index contributed by atoms with van der Waals surface area (Å²) in [5.74, 6) is -0.844. The van der Waals surface area contributed by atoms with Crippen LogP contribution in [0.25, 0.3) is 33.5 Å². The fourth-order valence-corrected chi connectivity index (χ4v) is 3.23. The molecule has 4 rings (SSSR count). The minimum atomic E-state index is -4.47. The van der Waals surface area contributed by atoms with Crippen LogP contribution in [0.2, 0.25) is 0 Å². The molecule has 0 atom stereocenters. The molecule has 4 aromatic rings. The average Bonchev–Trinajstić information content (AvgIpc) is 3.16. The summed E-state index contributed by atoms with van der Waals surface area (Å²) in [6, 6.07) is 7.97. The maximum absolute atomic E-state index is 12.9. The minimum Gasteiger partial charge on any atom is -0.395 e. The number of halogens is 3. The molecule has 1 amide bonds. The van der Waals surface area contributed by atoms with Crippen molar-refractivity contribution in [2.45, 2.75) is 13.1 Å². The number of carbonyl (C=O) groups excluding carboxylic acids is 1. The van der Waals surface area contributed by atoms with Crippen molar-refractivity contribution in [3.8, 4) is 22.6 Å². The van der Waals surface area contributed by atoms with Gasteiger partial charge in [0.15, 0.2) is 11.5 Å². The third kappa shape index (κ3) is 3.21. The smallest absolute Gasteiger partial charge is 0.395 e. The van der Waals surface area contributed by atoms with Crippen LogP contribution >= 0.6 is 0 Å². The number of hydrogen-bond acceptors (Lipinski definition) is 5. The van der Waals surface area contributed by atoms with E-state index in [-0.39, 0.29) is 28.5 Å². The molecule has 0 spiro atoms. The van der Waals surface area contributed by atoms with Gasteiger partial charge in [-0.2, -0.15) is 18.3 Å². The Balaban J connectivity index is 1.97. The molecule has 2 aromatic carbocycles. The van der Waals surface area contributed by atoms with Crippen LogP contribution < -0.4 is 11.5 Å². The number of nitrogens with two attached hydrogens (primary N) is 2. The van der Waals surface area contributed by atoms with Gasteiger partial charge in [0.1, 0.15) is 0 Å². The van der Waals surface area contributed by atoms with E-state index in [2.05, 4.69) is 20.2 Å². The SMILES string of the molecule is Cc1ccc2[nH]ncc2c1-c1nc(-c2ccc(C(F)(F)F)cc2)nc(C(N)=O)c1N. The Kier molecular flexibility index (Phi) is 4.41. The summed E-state index contributed by atoms with van der Waals surface area (Å²) in [6.45, 7) is 1.84. The summed E-state index contributed by atoms with van der Waals surface area (Å²) in [5.41, 5.74) is 13.3. The van der Waals surface area contributed by atoms with E-state index in [9.17, 15) is 18.0 Å². The lowest BCUT2D eigenvalue weighted by molar-refractivity contribution is -0.137. The van der Waals surface area contributed by atoms with Crippen molar-refractivity contribution in [1.29, 1.82) is 0 Å². The number of primary amides is 1. The van der Waals surface area contributed by atoms with E-state index in [1.807, 2.05) is 19.1 Å². The van der Waals surface area contributed by atoms with Crippen LogP contribution in [0.15, 0.2) is 42.6 Å². The van der Waals surface area contributed by atoms with Crippen LogP contribution in [0.4, 0.5) is 18.9 Å². The van der Waals surface area contributed by atoms with Crippen LogP contribution in [-0.2, 0) is 6.18 Å². The third-order valence-corrected chi connectivity index (χ3v) is 4.72. The van der Waals surface area contributed by atoms with Gasteiger partial charge in [0.2, 0.25) is 0 Å². The number of benzene rings is 2. The summed E-state index contributed by atoms with van der Waals surface area (Å²) in [4.78, 5) is 20.5. The molecule has 7 nitrogen and oxygen atoms in total. The topological polar surface area (TPSA) is 124 Å². The molecular formula is C20H15F3N6O. The highest BCUT2D eigenvalue weighted by atomic mass is 19.4. The van der Waals surface area contributed by atoms with Crippen LogP contribution in [0.3, 0.4) is 0 Å². The molecule has 2 aromatic heterocycles. The van der Waals surface area contributed by atoms with E-state index in [1.54, 1.807) is 6.20 Å². The third-order valence-electron chi connectivity index (χ3n) is 4.72. The van der Waals surface area contributed by atoms with E-state index in [1.165, 1.54) is 12.1 Å². The van der Waals surface area contributed by atoms with Gasteiger partial charge in [-0.3, -0.25) is 9.89 Å². The van der Waals surface area contributed by atoms with Crippen molar-refractivity contribution in [2.24, 2.45) is 5.73 Å². The van der Waals surface area contributed by atoms with Gasteiger partial charge in [0.25, 0.3) is 5.91 Å². The highest BCUT2D eigenvalue weighted by molar-refractivity contribution is 6.04. The normalized spacial score (nSPS) is 11.7. The first kappa shape index (κ1) is 19.4. The number of aromatic nitrogens is 4. The first-order valence-electron chi connectivity index (χ1n) is 8.75. The zero-order valence-corrected chi connectivity index (χ0v) is 15.6. The molecule has 10 heteroatoms. The van der Waals surface area contributed by atoms with Gasteiger partial charge < -0.3 is 11.5 Å². The second-order valence-electron chi connectivity index (χ2n) is 6.69. The number of alkyl halides is 3. The van der Waals surface area contributed by atoms with Crippen molar-refractivity contribution in [1.82, 2.24) is 20.2 Å². The Hall–Kier alpha value is -3.95. The number of hydrogen-bond donors (Lipinski definition) is 3. The number of rotatable bonds is 3. The Morgan fingerprint density at radius 1 is 1.07 bits per heavy atom. The lowest BCUT2D eigenvalue weighted by Crippen LogP contribution is -2.18. The fourth-order valence-electron chi connectivity index (χ4n) is 3.23.